The van der Waals surface area contributed by atoms with Crippen molar-refractivity contribution in [3.8, 4) is 0 Å². The second kappa shape index (κ2) is 2.81. The molecule has 0 fully saturated rings. The van der Waals surface area contributed by atoms with E-state index in [4.69, 9.17) is 0 Å². The van der Waals surface area contributed by atoms with Crippen LogP contribution in [-0.4, -0.2) is 6.54 Å². The third kappa shape index (κ3) is 1.09. The van der Waals surface area contributed by atoms with Crippen molar-refractivity contribution >= 4 is 5.69 Å². The van der Waals surface area contributed by atoms with Crippen LogP contribution in [0.2, 0.25) is 0 Å². The van der Waals surface area contributed by atoms with Crippen molar-refractivity contribution in [1.82, 2.24) is 0 Å². The molecule has 0 spiro atoms. The number of benzene rings is 1. The Morgan fingerprint density at radius 3 is 3.08 bits per heavy atom. The van der Waals surface area contributed by atoms with Crippen molar-refractivity contribution < 1.29 is 0 Å². The van der Waals surface area contributed by atoms with E-state index in [9.17, 15) is 0 Å². The van der Waals surface area contributed by atoms with E-state index in [1.54, 1.807) is 0 Å². The molecule has 1 N–H and O–H groups in total. The fourth-order valence-corrected chi connectivity index (χ4v) is 1.78. The van der Waals surface area contributed by atoms with Gasteiger partial charge in [0.1, 0.15) is 0 Å². The molecule has 1 heterocycles. The van der Waals surface area contributed by atoms with Crippen LogP contribution in [0.3, 0.4) is 0 Å². The lowest BCUT2D eigenvalue weighted by Gasteiger charge is -2.03. The van der Waals surface area contributed by atoms with Crippen molar-refractivity contribution in [1.29, 1.82) is 0 Å². The number of nitrogens with one attached hydrogen (secondary N) is 1. The molecule has 1 atom stereocenters. The maximum atomic E-state index is 3.42. The third-order valence-corrected chi connectivity index (χ3v) is 2.66. The zero-order valence-corrected chi connectivity index (χ0v) is 7.72. The molecule has 0 aliphatic carbocycles. The molecule has 0 saturated heterocycles. The number of hydrogen-bond acceptors (Lipinski definition) is 1. The summed E-state index contributed by atoms with van der Waals surface area (Å²) in [6.07, 6.45) is 1.13. The van der Waals surface area contributed by atoms with Crippen LogP contribution in [0.25, 0.3) is 0 Å². The minimum Gasteiger partial charge on any atom is -0.384 e. The molecule has 0 bridgehead atoms. The Morgan fingerprint density at radius 1 is 1.50 bits per heavy atom. The van der Waals surface area contributed by atoms with Gasteiger partial charge in [-0.1, -0.05) is 26.0 Å². The van der Waals surface area contributed by atoms with Gasteiger partial charge in [0.15, 0.2) is 0 Å². The summed E-state index contributed by atoms with van der Waals surface area (Å²) in [5.74, 6) is 0.686. The van der Waals surface area contributed by atoms with E-state index in [2.05, 4.69) is 37.4 Å². The lowest BCUT2D eigenvalue weighted by atomic mass is 10.0. The highest BCUT2D eigenvalue weighted by molar-refractivity contribution is 5.59. The van der Waals surface area contributed by atoms with Gasteiger partial charge in [0.2, 0.25) is 0 Å². The van der Waals surface area contributed by atoms with Crippen LogP contribution in [0, 0.1) is 0 Å². The number of aryl methyl sites for hydroxylation is 1. The quantitative estimate of drug-likeness (QED) is 0.667. The summed E-state index contributed by atoms with van der Waals surface area (Å²) in [7, 11) is 0. The molecular formula is C11H15N. The van der Waals surface area contributed by atoms with Crippen molar-refractivity contribution in [2.75, 3.05) is 11.9 Å². The Labute approximate surface area is 73.8 Å². The Balaban J connectivity index is 2.41. The van der Waals surface area contributed by atoms with Gasteiger partial charge in [-0.15, -0.1) is 0 Å². The van der Waals surface area contributed by atoms with Gasteiger partial charge in [-0.25, -0.2) is 0 Å². The fraction of sp³-hybridized carbons (Fsp3) is 0.455. The van der Waals surface area contributed by atoms with E-state index in [1.807, 2.05) is 0 Å². The molecule has 0 amide bonds. The molecule has 1 aromatic carbocycles. The van der Waals surface area contributed by atoms with E-state index >= 15 is 0 Å². The minimum absolute atomic E-state index is 0.686. The zero-order valence-electron chi connectivity index (χ0n) is 7.72. The zero-order chi connectivity index (χ0) is 8.55. The van der Waals surface area contributed by atoms with Gasteiger partial charge in [0.05, 0.1) is 0 Å². The second-order valence-electron chi connectivity index (χ2n) is 3.56. The molecule has 1 heteroatoms. The largest absolute Gasteiger partial charge is 0.384 e. The summed E-state index contributed by atoms with van der Waals surface area (Å²) in [4.78, 5) is 0. The first-order valence-electron chi connectivity index (χ1n) is 4.68. The normalized spacial score (nSPS) is 20.3. The van der Waals surface area contributed by atoms with E-state index in [0.29, 0.717) is 5.92 Å². The number of hydrogen-bond donors (Lipinski definition) is 1. The SMILES string of the molecule is CCc1ccc2c(c1)NCC2C. The Kier molecular flexibility index (Phi) is 1.80. The first-order chi connectivity index (χ1) is 5.81. The van der Waals surface area contributed by atoms with Crippen LogP contribution in [0.15, 0.2) is 18.2 Å². The average Bonchev–Trinajstić information content (AvgIpc) is 2.47. The number of rotatable bonds is 1. The molecule has 0 radical (unpaired) electrons. The molecule has 2 rings (SSSR count). The van der Waals surface area contributed by atoms with Gasteiger partial charge in [-0.3, -0.25) is 0 Å². The van der Waals surface area contributed by atoms with Gasteiger partial charge in [-0.2, -0.15) is 0 Å². The van der Waals surface area contributed by atoms with Crippen LogP contribution in [0.1, 0.15) is 30.9 Å². The van der Waals surface area contributed by atoms with Crippen LogP contribution in [-0.2, 0) is 6.42 Å². The highest BCUT2D eigenvalue weighted by Gasteiger charge is 2.16. The van der Waals surface area contributed by atoms with Crippen LogP contribution >= 0.6 is 0 Å². The maximum absolute atomic E-state index is 3.42. The van der Waals surface area contributed by atoms with Crippen molar-refractivity contribution in [2.45, 2.75) is 26.2 Å². The summed E-state index contributed by atoms with van der Waals surface area (Å²) >= 11 is 0. The van der Waals surface area contributed by atoms with Crippen LogP contribution in [0.4, 0.5) is 5.69 Å². The fourth-order valence-electron chi connectivity index (χ4n) is 1.78. The molecule has 1 aliphatic rings. The van der Waals surface area contributed by atoms with Crippen LogP contribution < -0.4 is 5.32 Å². The highest BCUT2D eigenvalue weighted by atomic mass is 14.9. The summed E-state index contributed by atoms with van der Waals surface area (Å²) in [5.41, 5.74) is 4.25. The highest BCUT2D eigenvalue weighted by Crippen LogP contribution is 2.31. The van der Waals surface area contributed by atoms with Crippen molar-refractivity contribution in [3.63, 3.8) is 0 Å². The molecule has 1 unspecified atom stereocenters. The van der Waals surface area contributed by atoms with E-state index in [-0.39, 0.29) is 0 Å². The topological polar surface area (TPSA) is 12.0 Å². The predicted octanol–water partition coefficient (Wildman–Crippen LogP) is 2.78. The standard InChI is InChI=1S/C11H15N/c1-3-9-4-5-10-8(2)7-12-11(10)6-9/h4-6,8,12H,3,7H2,1-2H3. The summed E-state index contributed by atoms with van der Waals surface area (Å²) < 4.78 is 0. The van der Waals surface area contributed by atoms with Gasteiger partial charge >= 0.3 is 0 Å². The van der Waals surface area contributed by atoms with Crippen molar-refractivity contribution in [2.24, 2.45) is 0 Å². The van der Waals surface area contributed by atoms with Gasteiger partial charge in [-0.05, 0) is 23.6 Å². The molecule has 0 aromatic heterocycles. The lowest BCUT2D eigenvalue weighted by molar-refractivity contribution is 0.854. The first kappa shape index (κ1) is 7.66. The molecule has 1 aromatic rings. The minimum atomic E-state index is 0.686. The summed E-state index contributed by atoms with van der Waals surface area (Å²) in [5, 5.41) is 3.42. The number of fused-ring (bicyclic) bond motifs is 1. The number of anilines is 1. The molecule has 1 aliphatic heterocycles. The molecular weight excluding hydrogens is 146 g/mol. The second-order valence-corrected chi connectivity index (χ2v) is 3.56. The van der Waals surface area contributed by atoms with Gasteiger partial charge in [0.25, 0.3) is 0 Å². The summed E-state index contributed by atoms with van der Waals surface area (Å²) in [6, 6.07) is 6.78. The first-order valence-corrected chi connectivity index (χ1v) is 4.68. The molecule has 12 heavy (non-hydrogen) atoms. The maximum Gasteiger partial charge on any atom is 0.0379 e. The third-order valence-electron chi connectivity index (χ3n) is 2.66. The average molecular weight is 161 g/mol. The molecule has 64 valence electrons. The van der Waals surface area contributed by atoms with Crippen molar-refractivity contribution in [3.05, 3.63) is 29.3 Å². The smallest absolute Gasteiger partial charge is 0.0379 e. The summed E-state index contributed by atoms with van der Waals surface area (Å²) in [6.45, 7) is 5.56. The van der Waals surface area contributed by atoms with Gasteiger partial charge < -0.3 is 5.32 Å². The van der Waals surface area contributed by atoms with Gasteiger partial charge in [0, 0.05) is 18.2 Å². The predicted molar refractivity (Wildman–Crippen MR) is 52.7 cm³/mol. The Bertz CT molecular complexity index is 291. The monoisotopic (exact) mass is 161 g/mol. The Hall–Kier alpha value is -0.980. The van der Waals surface area contributed by atoms with E-state index in [1.165, 1.54) is 16.8 Å². The Morgan fingerprint density at radius 2 is 2.33 bits per heavy atom. The lowest BCUT2D eigenvalue weighted by Crippen LogP contribution is -1.95. The van der Waals surface area contributed by atoms with Crippen LogP contribution in [0.5, 0.6) is 0 Å². The van der Waals surface area contributed by atoms with E-state index in [0.717, 1.165) is 13.0 Å². The van der Waals surface area contributed by atoms with E-state index < -0.39 is 0 Å². The molecule has 1 nitrogen and oxygen atoms in total. The molecule has 0 saturated carbocycles.